The molecule has 0 aliphatic carbocycles. The van der Waals surface area contributed by atoms with E-state index in [1.807, 2.05) is 0 Å². The molecule has 0 amide bonds. The number of nitriles is 1. The molecule has 0 aromatic heterocycles. The number of rotatable bonds is 2. The summed E-state index contributed by atoms with van der Waals surface area (Å²) in [7, 11) is 0. The van der Waals surface area contributed by atoms with Crippen LogP contribution in [0, 0.1) is 11.3 Å². The Kier molecular flexibility index (Phi) is 5.04. The summed E-state index contributed by atoms with van der Waals surface area (Å²) in [6.07, 6.45) is 0.737. The van der Waals surface area contributed by atoms with Gasteiger partial charge in [-0.05, 0) is 0 Å². The molecule has 0 unspecified atom stereocenters. The topological polar surface area (TPSA) is 23.8 Å². The maximum absolute atomic E-state index is 12.4. The van der Waals surface area contributed by atoms with E-state index in [1.165, 1.54) is 0 Å². The van der Waals surface area contributed by atoms with Crippen LogP contribution in [0.25, 0.3) is 0 Å². The van der Waals surface area contributed by atoms with Crippen LogP contribution in [-0.4, -0.2) is 8.05 Å². The van der Waals surface area contributed by atoms with Crippen molar-refractivity contribution in [3.63, 3.8) is 0 Å². The fourth-order valence-corrected chi connectivity index (χ4v) is 0.802. The second-order valence-corrected chi connectivity index (χ2v) is 4.11. The molecule has 0 radical (unpaired) electrons. The van der Waals surface area contributed by atoms with E-state index in [2.05, 4.69) is 0 Å². The quantitative estimate of drug-likeness (QED) is 0.572. The van der Waals surface area contributed by atoms with Crippen LogP contribution in [-0.2, 0) is 38.7 Å². The van der Waals surface area contributed by atoms with Crippen molar-refractivity contribution in [1.82, 2.24) is 0 Å². The second-order valence-electron chi connectivity index (χ2n) is 1.24. The van der Waals surface area contributed by atoms with Gasteiger partial charge in [-0.15, -0.1) is 0 Å². The van der Waals surface area contributed by atoms with Gasteiger partial charge in [-0.2, -0.15) is 0 Å². The van der Waals surface area contributed by atoms with Crippen molar-refractivity contribution >= 4 is 8.05 Å². The summed E-state index contributed by atoms with van der Waals surface area (Å²) < 4.78 is 23.8. The van der Waals surface area contributed by atoms with Crippen LogP contribution in [0.2, 0.25) is 0 Å². The molecule has 1 nitrogen and oxygen atoms in total. The van der Waals surface area contributed by atoms with Crippen molar-refractivity contribution in [2.24, 2.45) is 0 Å². The summed E-state index contributed by atoms with van der Waals surface area (Å²) in [5.74, 6) is -0.759. The molecule has 0 saturated heterocycles. The average Bonchev–Trinajstić information content (AvgIpc) is 1.85. The normalized spacial score (nSPS) is 10.3. The van der Waals surface area contributed by atoms with Crippen LogP contribution < -0.4 is 0 Å². The summed E-state index contributed by atoms with van der Waals surface area (Å²) in [5, 5.41) is 8.15. The van der Waals surface area contributed by atoms with Crippen molar-refractivity contribution in [1.29, 1.82) is 5.26 Å². The number of nitrogens with zero attached hydrogens (tertiary/aromatic N) is 1. The van der Waals surface area contributed by atoms with Crippen LogP contribution >= 0.6 is 0 Å². The third-order valence-corrected chi connectivity index (χ3v) is 2.01. The molecule has 5 heteroatoms. The second kappa shape index (κ2) is 4.94. The molecule has 0 aliphatic heterocycles. The van der Waals surface area contributed by atoms with Crippen molar-refractivity contribution in [3.05, 3.63) is 11.9 Å². The van der Waals surface area contributed by atoms with Crippen molar-refractivity contribution < 1.29 is 47.5 Å². The van der Waals surface area contributed by atoms with Crippen molar-refractivity contribution in [2.75, 3.05) is 0 Å². The van der Waals surface area contributed by atoms with Gasteiger partial charge in [0, 0.05) is 0 Å². The maximum atomic E-state index is 12.4. The molecule has 0 spiro atoms. The molecule has 0 aromatic carbocycles. The molecule has 52 valence electrons. The van der Waals surface area contributed by atoms with Crippen LogP contribution in [0.3, 0.4) is 0 Å². The Morgan fingerprint density at radius 1 is 1.40 bits per heavy atom. The van der Waals surface area contributed by atoms with Gasteiger partial charge in [-0.1, -0.05) is 0 Å². The zero-order valence-corrected chi connectivity index (χ0v) is 10.5. The molecule has 0 saturated carbocycles. The van der Waals surface area contributed by atoms with E-state index in [1.54, 1.807) is 6.07 Å². The molecule has 0 bridgehead atoms. The molecule has 0 heterocycles. The Morgan fingerprint density at radius 2 is 1.90 bits per heavy atom. The van der Waals surface area contributed by atoms with Crippen LogP contribution in [0.5, 0.6) is 0 Å². The van der Waals surface area contributed by atoms with Gasteiger partial charge in [-0.25, -0.2) is 0 Å². The Labute approximate surface area is 78.5 Å². The van der Waals surface area contributed by atoms with Gasteiger partial charge >= 0.3 is 78.8 Å². The van der Waals surface area contributed by atoms with Crippen molar-refractivity contribution in [3.8, 4) is 6.07 Å². The molecule has 10 heavy (non-hydrogen) atoms. The molecular weight excluding hydrogens is 480 g/mol. The minimum atomic E-state index is -0.759. The van der Waals surface area contributed by atoms with Crippen LogP contribution in [0.4, 0.5) is 8.78 Å². The summed E-state index contributed by atoms with van der Waals surface area (Å²) in [6.45, 7) is 0. The summed E-state index contributed by atoms with van der Waals surface area (Å²) in [4.78, 5) is 0. The summed E-state index contributed by atoms with van der Waals surface area (Å²) in [6, 6.07) is 1.61. The number of hydrogen-bond acceptors (Lipinski definition) is 1. The van der Waals surface area contributed by atoms with Crippen LogP contribution in [0.1, 0.15) is 0 Å². The number of hydrogen-bond donors (Lipinski definition) is 0. The monoisotopic (exact) mass is 481 g/mol. The minimum absolute atomic E-state index is 0.0172. The van der Waals surface area contributed by atoms with E-state index in [0.29, 0.717) is 38.7 Å². The predicted molar refractivity (Wildman–Crippen MR) is 25.9 cm³/mol. The third kappa shape index (κ3) is 4.09. The third-order valence-electron chi connectivity index (χ3n) is 0.559. The molecule has 0 aliphatic rings. The van der Waals surface area contributed by atoms with Crippen LogP contribution in [0.15, 0.2) is 11.9 Å². The van der Waals surface area contributed by atoms with Gasteiger partial charge in [0.15, 0.2) is 0 Å². The Balaban J connectivity index is 4.38. The van der Waals surface area contributed by atoms with E-state index in [4.69, 9.17) is 5.26 Å². The van der Waals surface area contributed by atoms with Gasteiger partial charge in [-0.3, -0.25) is 0 Å². The van der Waals surface area contributed by atoms with Gasteiger partial charge in [0.25, 0.3) is 0 Å². The van der Waals surface area contributed by atoms with Gasteiger partial charge in [0.1, 0.15) is 0 Å². The first-order valence-corrected chi connectivity index (χ1v) is 5.02. The first-order valence-electron chi connectivity index (χ1n) is 2.09. The van der Waals surface area contributed by atoms with E-state index in [-0.39, 0.29) is 3.90 Å². The average molecular weight is 481 g/mol. The fourth-order valence-electron chi connectivity index (χ4n) is 0.219. The molecular formula is C5HF2NW2. The van der Waals surface area contributed by atoms with E-state index >= 15 is 0 Å². The van der Waals surface area contributed by atoms with Gasteiger partial charge < -0.3 is 0 Å². The molecule has 0 rings (SSSR count). The van der Waals surface area contributed by atoms with E-state index in [0.717, 1.165) is 6.08 Å². The van der Waals surface area contributed by atoms with Crippen molar-refractivity contribution in [2.45, 2.75) is 0 Å². The first-order chi connectivity index (χ1) is 4.57. The molecule has 0 aromatic rings. The zero-order chi connectivity index (χ0) is 8.15. The Hall–Kier alpha value is 0.207. The van der Waals surface area contributed by atoms with E-state index < -0.39 is 9.98 Å². The number of halogens is 2. The Morgan fingerprint density at radius 3 is 2.20 bits per heavy atom. The van der Waals surface area contributed by atoms with Gasteiger partial charge in [0.05, 0.1) is 0 Å². The van der Waals surface area contributed by atoms with Gasteiger partial charge in [0.2, 0.25) is 0 Å². The SMILES string of the molecule is N#C[C](=[W])/C(F)=C\[C](F)=[W]. The fraction of sp³-hybridized carbons (Fsp3) is 0. The first kappa shape index (κ1) is 10.2. The zero-order valence-electron chi connectivity index (χ0n) is 4.60. The summed E-state index contributed by atoms with van der Waals surface area (Å²) in [5.41, 5.74) is 0. The Bertz CT molecular complexity index is 239. The summed E-state index contributed by atoms with van der Waals surface area (Å²) >= 11 is 1.27. The number of allylic oxidation sites excluding steroid dienone is 2. The van der Waals surface area contributed by atoms with E-state index in [9.17, 15) is 8.78 Å². The molecule has 0 fully saturated rings. The standard InChI is InChI=1S/C5HF2N.2W/c6-3-1-5(7)2-4-8;;/h1H;;/b5-1+;;. The molecule has 0 atom stereocenters. The predicted octanol–water partition coefficient (Wildman–Crippen LogP) is 0.729. The molecule has 0 N–H and O–H groups in total.